The second-order valence-electron chi connectivity index (χ2n) is 4.79. The van der Waals surface area contributed by atoms with Crippen LogP contribution in [0.3, 0.4) is 0 Å². The van der Waals surface area contributed by atoms with Crippen molar-refractivity contribution in [1.82, 2.24) is 10.2 Å². The quantitative estimate of drug-likeness (QED) is 0.867. The summed E-state index contributed by atoms with van der Waals surface area (Å²) >= 11 is 0. The molecule has 0 aliphatic carbocycles. The molecule has 1 saturated heterocycles. The van der Waals surface area contributed by atoms with Gasteiger partial charge in [-0.25, -0.2) is 4.39 Å². The fraction of sp³-hybridized carbons (Fsp3) is 0.571. The fourth-order valence-electron chi connectivity index (χ4n) is 2.61. The van der Waals surface area contributed by atoms with Crippen LogP contribution in [0.5, 0.6) is 5.75 Å². The molecular weight excluding hydrogens is 231 g/mol. The lowest BCUT2D eigenvalue weighted by Crippen LogP contribution is -2.36. The molecule has 4 heteroatoms. The van der Waals surface area contributed by atoms with Crippen molar-refractivity contribution < 1.29 is 9.13 Å². The number of hydrogen-bond acceptors (Lipinski definition) is 3. The number of nitrogens with one attached hydrogen (secondary N) is 1. The average molecular weight is 252 g/mol. The van der Waals surface area contributed by atoms with Gasteiger partial charge < -0.3 is 10.1 Å². The number of hydrogen-bond donors (Lipinski definition) is 1. The third kappa shape index (κ3) is 3.00. The van der Waals surface area contributed by atoms with Crippen LogP contribution in [0.2, 0.25) is 0 Å². The van der Waals surface area contributed by atoms with Crippen LogP contribution in [-0.2, 0) is 6.54 Å². The first kappa shape index (κ1) is 13.3. The van der Waals surface area contributed by atoms with E-state index in [2.05, 4.69) is 10.2 Å². The monoisotopic (exact) mass is 252 g/mol. The number of methoxy groups -OCH3 is 1. The second kappa shape index (κ2) is 6.16. The minimum atomic E-state index is -0.278. The molecular formula is C14H21FN2O. The van der Waals surface area contributed by atoms with Crippen molar-refractivity contribution in [2.24, 2.45) is 0 Å². The lowest BCUT2D eigenvalue weighted by atomic mass is 10.1. The van der Waals surface area contributed by atoms with E-state index >= 15 is 0 Å². The highest BCUT2D eigenvalue weighted by molar-refractivity contribution is 5.29. The summed E-state index contributed by atoms with van der Waals surface area (Å²) in [5.41, 5.74) is 1.01. The molecule has 18 heavy (non-hydrogen) atoms. The van der Waals surface area contributed by atoms with Crippen molar-refractivity contribution in [3.8, 4) is 5.75 Å². The van der Waals surface area contributed by atoms with Crippen molar-refractivity contribution in [2.75, 3.05) is 27.2 Å². The van der Waals surface area contributed by atoms with Gasteiger partial charge in [-0.1, -0.05) is 6.07 Å². The molecule has 1 heterocycles. The van der Waals surface area contributed by atoms with Gasteiger partial charge in [-0.15, -0.1) is 0 Å². The van der Waals surface area contributed by atoms with E-state index in [1.807, 2.05) is 13.1 Å². The lowest BCUT2D eigenvalue weighted by molar-refractivity contribution is 0.242. The van der Waals surface area contributed by atoms with Gasteiger partial charge in [-0.3, -0.25) is 4.90 Å². The van der Waals surface area contributed by atoms with Gasteiger partial charge in [0.1, 0.15) is 0 Å². The molecule has 1 aliphatic heterocycles. The molecule has 1 fully saturated rings. The molecule has 1 N–H and O–H groups in total. The molecule has 1 atom stereocenters. The molecule has 1 unspecified atom stereocenters. The Morgan fingerprint density at radius 3 is 3.00 bits per heavy atom. The second-order valence-corrected chi connectivity index (χ2v) is 4.79. The predicted octanol–water partition coefficient (Wildman–Crippen LogP) is 2.02. The Kier molecular flexibility index (Phi) is 4.55. The first-order valence-electron chi connectivity index (χ1n) is 6.45. The SMILES string of the molecule is CNCC1CCCN1Cc1ccc(OC)c(F)c1. The molecule has 1 aromatic carbocycles. The molecule has 1 aliphatic rings. The maximum Gasteiger partial charge on any atom is 0.165 e. The minimum absolute atomic E-state index is 0.278. The van der Waals surface area contributed by atoms with Crippen LogP contribution in [-0.4, -0.2) is 38.2 Å². The van der Waals surface area contributed by atoms with Crippen molar-refractivity contribution in [3.05, 3.63) is 29.6 Å². The highest BCUT2D eigenvalue weighted by Gasteiger charge is 2.23. The van der Waals surface area contributed by atoms with Gasteiger partial charge in [-0.2, -0.15) is 0 Å². The summed E-state index contributed by atoms with van der Waals surface area (Å²) in [6, 6.07) is 5.79. The Morgan fingerprint density at radius 1 is 1.50 bits per heavy atom. The molecule has 3 nitrogen and oxygen atoms in total. The Morgan fingerprint density at radius 2 is 2.33 bits per heavy atom. The summed E-state index contributed by atoms with van der Waals surface area (Å²) in [5.74, 6) is 0.0336. The molecule has 2 rings (SSSR count). The van der Waals surface area contributed by atoms with Gasteiger partial charge in [0.2, 0.25) is 0 Å². The molecule has 0 saturated carbocycles. The van der Waals surface area contributed by atoms with Gasteiger partial charge in [0.05, 0.1) is 7.11 Å². The maximum absolute atomic E-state index is 13.6. The zero-order valence-corrected chi connectivity index (χ0v) is 11.1. The number of ether oxygens (including phenoxy) is 1. The maximum atomic E-state index is 13.6. The van der Waals surface area contributed by atoms with Crippen molar-refractivity contribution >= 4 is 0 Å². The zero-order valence-electron chi connectivity index (χ0n) is 11.1. The van der Waals surface area contributed by atoms with E-state index in [4.69, 9.17) is 4.74 Å². The van der Waals surface area contributed by atoms with E-state index in [0.717, 1.165) is 25.2 Å². The van der Waals surface area contributed by atoms with Gasteiger partial charge in [-0.05, 0) is 44.1 Å². The molecule has 0 radical (unpaired) electrons. The molecule has 0 aromatic heterocycles. The van der Waals surface area contributed by atoms with Gasteiger partial charge in [0.25, 0.3) is 0 Å². The van der Waals surface area contributed by atoms with Crippen molar-refractivity contribution in [1.29, 1.82) is 0 Å². The van der Waals surface area contributed by atoms with Crippen molar-refractivity contribution in [3.63, 3.8) is 0 Å². The Hall–Kier alpha value is -1.13. The summed E-state index contributed by atoms with van der Waals surface area (Å²) in [7, 11) is 3.46. The van der Waals surface area contributed by atoms with E-state index in [9.17, 15) is 4.39 Å². The first-order chi connectivity index (χ1) is 8.74. The molecule has 0 spiro atoms. The number of nitrogens with zero attached hydrogens (tertiary/aromatic N) is 1. The van der Waals surface area contributed by atoms with Crippen LogP contribution in [0.15, 0.2) is 18.2 Å². The molecule has 1 aromatic rings. The third-order valence-electron chi connectivity index (χ3n) is 3.54. The highest BCUT2D eigenvalue weighted by Crippen LogP contribution is 2.22. The van der Waals surface area contributed by atoms with Gasteiger partial charge in [0.15, 0.2) is 11.6 Å². The number of likely N-dealkylation sites (tertiary alicyclic amines) is 1. The summed E-state index contributed by atoms with van der Waals surface area (Å²) in [4.78, 5) is 2.41. The smallest absolute Gasteiger partial charge is 0.165 e. The topological polar surface area (TPSA) is 24.5 Å². The van der Waals surface area contributed by atoms with Crippen LogP contribution in [0, 0.1) is 5.82 Å². The Bertz CT molecular complexity index is 397. The standard InChI is InChI=1S/C14H21FN2O/c1-16-9-12-4-3-7-17(12)10-11-5-6-14(18-2)13(15)8-11/h5-6,8,12,16H,3-4,7,9-10H2,1-2H3. The fourth-order valence-corrected chi connectivity index (χ4v) is 2.61. The molecule has 0 amide bonds. The lowest BCUT2D eigenvalue weighted by Gasteiger charge is -2.24. The van der Waals surface area contributed by atoms with E-state index < -0.39 is 0 Å². The molecule has 100 valence electrons. The number of halogens is 1. The summed E-state index contributed by atoms with van der Waals surface area (Å²) < 4.78 is 18.5. The van der Waals surface area contributed by atoms with E-state index in [-0.39, 0.29) is 5.82 Å². The van der Waals surface area contributed by atoms with Gasteiger partial charge >= 0.3 is 0 Å². The first-order valence-corrected chi connectivity index (χ1v) is 6.45. The minimum Gasteiger partial charge on any atom is -0.494 e. The normalized spacial score (nSPS) is 20.3. The van der Waals surface area contributed by atoms with Crippen LogP contribution in [0.4, 0.5) is 4.39 Å². The summed E-state index contributed by atoms with van der Waals surface area (Å²) in [6.45, 7) is 2.91. The van der Waals surface area contributed by atoms with Crippen molar-refractivity contribution in [2.45, 2.75) is 25.4 Å². The largest absolute Gasteiger partial charge is 0.494 e. The Balaban J connectivity index is 2.02. The summed E-state index contributed by atoms with van der Waals surface area (Å²) in [6.07, 6.45) is 2.45. The number of benzene rings is 1. The molecule has 0 bridgehead atoms. The number of rotatable bonds is 5. The number of likely N-dealkylation sites (N-methyl/N-ethyl adjacent to an activating group) is 1. The van der Waals surface area contributed by atoms with Crippen LogP contribution in [0.25, 0.3) is 0 Å². The van der Waals surface area contributed by atoms with Crippen LogP contribution >= 0.6 is 0 Å². The highest BCUT2D eigenvalue weighted by atomic mass is 19.1. The third-order valence-corrected chi connectivity index (χ3v) is 3.54. The van der Waals surface area contributed by atoms with E-state index in [0.29, 0.717) is 11.8 Å². The van der Waals surface area contributed by atoms with Gasteiger partial charge in [0, 0.05) is 19.1 Å². The predicted molar refractivity (Wildman–Crippen MR) is 70.3 cm³/mol. The average Bonchev–Trinajstić information content (AvgIpc) is 2.78. The summed E-state index contributed by atoms with van der Waals surface area (Å²) in [5, 5.41) is 3.22. The Labute approximate surface area is 108 Å². The van der Waals surface area contributed by atoms with E-state index in [1.165, 1.54) is 20.0 Å². The van der Waals surface area contributed by atoms with Crippen LogP contribution < -0.4 is 10.1 Å². The van der Waals surface area contributed by atoms with Crippen LogP contribution in [0.1, 0.15) is 18.4 Å². The van der Waals surface area contributed by atoms with E-state index in [1.54, 1.807) is 12.1 Å². The zero-order chi connectivity index (χ0) is 13.0.